The lowest BCUT2D eigenvalue weighted by atomic mass is 10.1. The Morgan fingerprint density at radius 1 is 1.10 bits per heavy atom. The minimum absolute atomic E-state index is 0.642. The van der Waals surface area contributed by atoms with E-state index in [2.05, 4.69) is 15.0 Å². The van der Waals surface area contributed by atoms with Gasteiger partial charge in [-0.2, -0.15) is 0 Å². The minimum atomic E-state index is 0.642. The molecule has 5 nitrogen and oxygen atoms in total. The molecule has 0 aliphatic carbocycles. The molecular formula is C15H15N5. The molecule has 0 aromatic carbocycles. The number of hydrogen-bond acceptors (Lipinski definition) is 5. The fourth-order valence-corrected chi connectivity index (χ4v) is 2.19. The molecule has 5 heteroatoms. The van der Waals surface area contributed by atoms with Crippen molar-refractivity contribution in [3.05, 3.63) is 48.3 Å². The van der Waals surface area contributed by atoms with E-state index < -0.39 is 0 Å². The summed E-state index contributed by atoms with van der Waals surface area (Å²) in [5, 5.41) is 2.48. The van der Waals surface area contributed by atoms with Gasteiger partial charge in [0.25, 0.3) is 0 Å². The second-order valence-corrected chi connectivity index (χ2v) is 4.69. The highest BCUT2D eigenvalue weighted by Crippen LogP contribution is 2.27. The number of pyridine rings is 3. The average Bonchev–Trinajstić information content (AvgIpc) is 2.46. The van der Waals surface area contributed by atoms with Gasteiger partial charge in [0.1, 0.15) is 5.52 Å². The number of nitrogens with two attached hydrogens (primary N) is 1. The highest BCUT2D eigenvalue weighted by molar-refractivity contribution is 5.91. The molecule has 0 atom stereocenters. The third kappa shape index (κ3) is 2.08. The number of anilines is 1. The van der Waals surface area contributed by atoms with Gasteiger partial charge in [0.15, 0.2) is 5.82 Å². The van der Waals surface area contributed by atoms with Gasteiger partial charge in [-0.25, -0.2) is 10.8 Å². The second kappa shape index (κ2) is 4.86. The molecule has 2 N–H and O–H groups in total. The Balaban J connectivity index is 2.30. The first-order valence-corrected chi connectivity index (χ1v) is 6.33. The monoisotopic (exact) mass is 265 g/mol. The van der Waals surface area contributed by atoms with Crippen LogP contribution in [0.4, 0.5) is 5.82 Å². The van der Waals surface area contributed by atoms with Crippen LogP contribution in [-0.4, -0.2) is 22.0 Å². The second-order valence-electron chi connectivity index (χ2n) is 4.69. The highest BCUT2D eigenvalue weighted by Gasteiger charge is 2.12. The number of nitrogens with zero attached hydrogens (tertiary/aromatic N) is 4. The van der Waals surface area contributed by atoms with Gasteiger partial charge in [-0.05, 0) is 30.7 Å². The largest absolute Gasteiger partial charge is 0.296 e. The van der Waals surface area contributed by atoms with Gasteiger partial charge in [0.05, 0.1) is 11.4 Å². The van der Waals surface area contributed by atoms with E-state index in [9.17, 15) is 0 Å². The molecule has 0 spiro atoms. The van der Waals surface area contributed by atoms with Gasteiger partial charge in [0, 0.05) is 24.8 Å². The molecule has 0 saturated heterocycles. The maximum atomic E-state index is 5.88. The van der Waals surface area contributed by atoms with E-state index in [0.29, 0.717) is 5.82 Å². The summed E-state index contributed by atoms with van der Waals surface area (Å²) in [4.78, 5) is 13.4. The number of hydrazine groups is 1. The van der Waals surface area contributed by atoms with Crippen molar-refractivity contribution in [2.24, 2.45) is 5.84 Å². The lowest BCUT2D eigenvalue weighted by Crippen LogP contribution is -2.26. The van der Waals surface area contributed by atoms with Crippen molar-refractivity contribution in [1.82, 2.24) is 15.0 Å². The zero-order chi connectivity index (χ0) is 14.1. The zero-order valence-electron chi connectivity index (χ0n) is 11.4. The van der Waals surface area contributed by atoms with Gasteiger partial charge in [-0.15, -0.1) is 0 Å². The van der Waals surface area contributed by atoms with Crippen molar-refractivity contribution in [3.8, 4) is 11.4 Å². The Labute approximate surface area is 117 Å². The summed E-state index contributed by atoms with van der Waals surface area (Å²) >= 11 is 0. The van der Waals surface area contributed by atoms with Crippen LogP contribution in [0.2, 0.25) is 0 Å². The molecular weight excluding hydrogens is 250 g/mol. The lowest BCUT2D eigenvalue weighted by Gasteiger charge is -2.15. The SMILES string of the molecule is Cc1cccnc1-c1cc2cccnc2c(N(C)N)n1. The summed E-state index contributed by atoms with van der Waals surface area (Å²) in [5.74, 6) is 6.52. The van der Waals surface area contributed by atoms with E-state index in [-0.39, 0.29) is 0 Å². The quantitative estimate of drug-likeness (QED) is 0.569. The molecule has 3 rings (SSSR count). The summed E-state index contributed by atoms with van der Waals surface area (Å²) in [5.41, 5.74) is 3.53. The fourth-order valence-electron chi connectivity index (χ4n) is 2.19. The Bertz CT molecular complexity index is 767. The summed E-state index contributed by atoms with van der Waals surface area (Å²) < 4.78 is 0. The molecule has 0 unspecified atom stereocenters. The predicted molar refractivity (Wildman–Crippen MR) is 80.1 cm³/mol. The van der Waals surface area contributed by atoms with Crippen LogP contribution in [0.3, 0.4) is 0 Å². The molecule has 3 heterocycles. The normalized spacial score (nSPS) is 10.8. The molecule has 0 aliphatic heterocycles. The van der Waals surface area contributed by atoms with Crippen LogP contribution in [-0.2, 0) is 0 Å². The van der Waals surface area contributed by atoms with Crippen LogP contribution in [0.1, 0.15) is 5.56 Å². The molecule has 3 aromatic rings. The minimum Gasteiger partial charge on any atom is -0.296 e. The van der Waals surface area contributed by atoms with Crippen molar-refractivity contribution in [2.45, 2.75) is 6.92 Å². The maximum absolute atomic E-state index is 5.88. The number of fused-ring (bicyclic) bond motifs is 1. The van der Waals surface area contributed by atoms with Crippen LogP contribution in [0.25, 0.3) is 22.3 Å². The van der Waals surface area contributed by atoms with E-state index in [1.807, 2.05) is 37.3 Å². The number of hydrogen-bond donors (Lipinski definition) is 1. The molecule has 0 fully saturated rings. The predicted octanol–water partition coefficient (Wildman–Crippen LogP) is 2.31. The van der Waals surface area contributed by atoms with E-state index in [4.69, 9.17) is 5.84 Å². The maximum Gasteiger partial charge on any atom is 0.169 e. The first kappa shape index (κ1) is 12.5. The smallest absolute Gasteiger partial charge is 0.169 e. The highest BCUT2D eigenvalue weighted by atomic mass is 15.4. The van der Waals surface area contributed by atoms with E-state index in [1.165, 1.54) is 5.01 Å². The topological polar surface area (TPSA) is 67.9 Å². The van der Waals surface area contributed by atoms with Gasteiger partial charge in [-0.1, -0.05) is 12.1 Å². The van der Waals surface area contributed by atoms with E-state index in [1.54, 1.807) is 19.4 Å². The number of aryl methyl sites for hydroxylation is 1. The van der Waals surface area contributed by atoms with Crippen molar-refractivity contribution in [1.29, 1.82) is 0 Å². The van der Waals surface area contributed by atoms with E-state index >= 15 is 0 Å². The first-order chi connectivity index (χ1) is 9.66. The van der Waals surface area contributed by atoms with Gasteiger partial charge in [-0.3, -0.25) is 15.0 Å². The fraction of sp³-hybridized carbons (Fsp3) is 0.133. The van der Waals surface area contributed by atoms with Crippen molar-refractivity contribution < 1.29 is 0 Å². The number of aromatic nitrogens is 3. The molecule has 0 radical (unpaired) electrons. The molecule has 0 amide bonds. The van der Waals surface area contributed by atoms with Crippen LogP contribution in [0.5, 0.6) is 0 Å². The summed E-state index contributed by atoms with van der Waals surface area (Å²) in [6, 6.07) is 9.82. The van der Waals surface area contributed by atoms with Crippen LogP contribution in [0, 0.1) is 6.92 Å². The Kier molecular flexibility index (Phi) is 3.04. The number of rotatable bonds is 2. The first-order valence-electron chi connectivity index (χ1n) is 6.33. The molecule has 20 heavy (non-hydrogen) atoms. The molecule has 100 valence electrons. The summed E-state index contributed by atoms with van der Waals surface area (Å²) in [6.07, 6.45) is 3.51. The van der Waals surface area contributed by atoms with Crippen molar-refractivity contribution >= 4 is 16.7 Å². The van der Waals surface area contributed by atoms with Crippen molar-refractivity contribution in [2.75, 3.05) is 12.1 Å². The van der Waals surface area contributed by atoms with Crippen LogP contribution >= 0.6 is 0 Å². The zero-order valence-corrected chi connectivity index (χ0v) is 11.4. The van der Waals surface area contributed by atoms with Crippen LogP contribution in [0.15, 0.2) is 42.7 Å². The van der Waals surface area contributed by atoms with Crippen molar-refractivity contribution in [3.63, 3.8) is 0 Å². The van der Waals surface area contributed by atoms with Gasteiger partial charge < -0.3 is 0 Å². The third-order valence-corrected chi connectivity index (χ3v) is 3.16. The molecule has 3 aromatic heterocycles. The van der Waals surface area contributed by atoms with Gasteiger partial charge in [0.2, 0.25) is 0 Å². The average molecular weight is 265 g/mol. The Hall–Kier alpha value is -2.53. The van der Waals surface area contributed by atoms with Crippen LogP contribution < -0.4 is 10.9 Å². The van der Waals surface area contributed by atoms with E-state index in [0.717, 1.165) is 27.9 Å². The summed E-state index contributed by atoms with van der Waals surface area (Å²) in [6.45, 7) is 2.02. The Morgan fingerprint density at radius 2 is 1.85 bits per heavy atom. The standard InChI is InChI=1S/C15H15N5/c1-10-5-3-7-17-13(10)12-9-11-6-4-8-18-14(11)15(19-12)20(2)16/h3-9H,16H2,1-2H3. The molecule has 0 saturated carbocycles. The Morgan fingerprint density at radius 3 is 2.60 bits per heavy atom. The third-order valence-electron chi connectivity index (χ3n) is 3.16. The molecule has 0 aliphatic rings. The lowest BCUT2D eigenvalue weighted by molar-refractivity contribution is 0.982. The van der Waals surface area contributed by atoms with Gasteiger partial charge >= 0.3 is 0 Å². The summed E-state index contributed by atoms with van der Waals surface area (Å²) in [7, 11) is 1.76. The molecule has 0 bridgehead atoms.